The minimum absolute atomic E-state index is 0.356. The largest absolute Gasteiger partial charge is 0.341 e. The molecule has 4 aliphatic rings. The summed E-state index contributed by atoms with van der Waals surface area (Å²) in [6.07, 6.45) is 8.90. The molecule has 6 heteroatoms. The van der Waals surface area contributed by atoms with Crippen LogP contribution in [0.5, 0.6) is 0 Å². The molecule has 2 unspecified atom stereocenters. The Kier molecular flexibility index (Phi) is 4.17. The number of benzene rings is 2. The average molecular weight is 477 g/mol. The van der Waals surface area contributed by atoms with Crippen molar-refractivity contribution in [2.45, 2.75) is 63.7 Å². The Bertz CT molecular complexity index is 1340. The fourth-order valence-electron chi connectivity index (χ4n) is 6.68. The molecule has 4 N–H and O–H groups in total. The van der Waals surface area contributed by atoms with Gasteiger partial charge in [-0.2, -0.15) is 0 Å². The molecule has 6 nitrogen and oxygen atoms in total. The van der Waals surface area contributed by atoms with Crippen molar-refractivity contribution < 1.29 is 0 Å². The highest BCUT2D eigenvalue weighted by molar-refractivity contribution is 5.71. The van der Waals surface area contributed by atoms with E-state index in [1.807, 2.05) is 12.4 Å². The lowest BCUT2D eigenvalue weighted by Crippen LogP contribution is -2.18. The third-order valence-corrected chi connectivity index (χ3v) is 9.42. The third-order valence-electron chi connectivity index (χ3n) is 9.42. The Balaban J connectivity index is 0.960. The maximum atomic E-state index is 4.69. The Morgan fingerprint density at radius 1 is 0.583 bits per heavy atom. The topological polar surface area (TPSA) is 81.4 Å². The molecular weight excluding hydrogens is 444 g/mol. The minimum Gasteiger partial charge on any atom is -0.341 e. The second kappa shape index (κ2) is 7.17. The van der Waals surface area contributed by atoms with Crippen LogP contribution in [0.25, 0.3) is 33.6 Å². The number of piperidine rings is 2. The number of aromatic nitrogens is 4. The molecule has 2 aromatic carbocycles. The molecule has 4 fully saturated rings. The van der Waals surface area contributed by atoms with Crippen LogP contribution in [0.4, 0.5) is 0 Å². The number of aromatic amines is 2. The molecule has 4 heterocycles. The predicted octanol–water partition coefficient (Wildman–Crippen LogP) is 5.76. The first kappa shape index (κ1) is 20.9. The van der Waals surface area contributed by atoms with Crippen molar-refractivity contribution in [3.05, 3.63) is 72.6 Å². The van der Waals surface area contributed by atoms with Crippen molar-refractivity contribution in [3.63, 3.8) is 0 Å². The van der Waals surface area contributed by atoms with Crippen molar-refractivity contribution in [2.24, 2.45) is 10.8 Å². The molecule has 2 aromatic heterocycles. The van der Waals surface area contributed by atoms with Crippen LogP contribution in [-0.4, -0.2) is 32.0 Å². The molecule has 2 aliphatic carbocycles. The number of H-pyrrole nitrogens is 2. The van der Waals surface area contributed by atoms with E-state index < -0.39 is 0 Å². The van der Waals surface area contributed by atoms with Gasteiger partial charge in [-0.15, -0.1) is 0 Å². The molecule has 0 spiro atoms. The maximum Gasteiger partial charge on any atom is 0.123 e. The van der Waals surface area contributed by atoms with E-state index in [2.05, 4.69) is 92.9 Å². The summed E-state index contributed by atoms with van der Waals surface area (Å²) in [5.74, 6) is 2.13. The van der Waals surface area contributed by atoms with E-state index in [4.69, 9.17) is 0 Å². The van der Waals surface area contributed by atoms with Crippen molar-refractivity contribution in [3.8, 4) is 33.6 Å². The van der Waals surface area contributed by atoms with Crippen LogP contribution in [0.15, 0.2) is 60.9 Å². The second-order valence-corrected chi connectivity index (χ2v) is 12.2. The lowest BCUT2D eigenvalue weighted by Gasteiger charge is -2.11. The number of hydrogen-bond donors (Lipinski definition) is 4. The SMILES string of the molecule is C[C@]12CC1N[C@H](c1ncc(-c3ccc(-c4ccc(-c5cnc([C@@H]6C[C@@]7(C)CC7N6)[nH]5)cc4)cc3)[nH]1)C2. The van der Waals surface area contributed by atoms with E-state index in [9.17, 15) is 0 Å². The maximum absolute atomic E-state index is 4.69. The van der Waals surface area contributed by atoms with E-state index in [0.29, 0.717) is 35.0 Å². The van der Waals surface area contributed by atoms with Gasteiger partial charge >= 0.3 is 0 Å². The standard InChI is InChI=1S/C30H32N6/c1-29-11-21(33-25(29)13-29)27-31-15-23(35-27)19-7-3-17(4-8-19)18-5-9-20(10-6-18)24-16-32-28(36-24)22-12-30(2)14-26(30)34-22/h3-10,15-16,21-22,25-26,33-34H,11-14H2,1-2H3,(H,31,35)(H,32,36)/t21-,22-,25?,26?,29-,30-/m0/s1. The van der Waals surface area contributed by atoms with Crippen LogP contribution >= 0.6 is 0 Å². The molecular formula is C30H32N6. The molecule has 2 aliphatic heterocycles. The lowest BCUT2D eigenvalue weighted by atomic mass is 10.0. The molecule has 6 atom stereocenters. The zero-order chi connectivity index (χ0) is 24.1. The minimum atomic E-state index is 0.356. The van der Waals surface area contributed by atoms with Crippen molar-refractivity contribution >= 4 is 0 Å². The Morgan fingerprint density at radius 3 is 1.33 bits per heavy atom. The van der Waals surface area contributed by atoms with Crippen molar-refractivity contribution in [1.82, 2.24) is 30.6 Å². The molecule has 182 valence electrons. The third kappa shape index (κ3) is 3.31. The van der Waals surface area contributed by atoms with Gasteiger partial charge < -0.3 is 20.6 Å². The molecule has 0 radical (unpaired) electrons. The van der Waals surface area contributed by atoms with Crippen molar-refractivity contribution in [2.75, 3.05) is 0 Å². The number of hydrogen-bond acceptors (Lipinski definition) is 4. The molecule has 4 aromatic rings. The molecule has 2 saturated carbocycles. The average Bonchev–Trinajstić information content (AvgIpc) is 3.40. The van der Waals surface area contributed by atoms with Gasteiger partial charge in [-0.3, -0.25) is 0 Å². The molecule has 0 amide bonds. The van der Waals surface area contributed by atoms with Gasteiger partial charge in [-0.25, -0.2) is 9.97 Å². The first-order valence-corrected chi connectivity index (χ1v) is 13.3. The van der Waals surface area contributed by atoms with Crippen molar-refractivity contribution in [1.29, 1.82) is 0 Å². The summed E-state index contributed by atoms with van der Waals surface area (Å²) < 4.78 is 0. The fourth-order valence-corrected chi connectivity index (χ4v) is 6.68. The molecule has 8 rings (SSSR count). The molecule has 36 heavy (non-hydrogen) atoms. The Labute approximate surface area is 211 Å². The number of fused-ring (bicyclic) bond motifs is 2. The zero-order valence-corrected chi connectivity index (χ0v) is 20.8. The van der Waals surface area contributed by atoms with Gasteiger partial charge in [0.05, 0.1) is 35.9 Å². The number of nitrogens with one attached hydrogen (secondary N) is 4. The molecule has 2 saturated heterocycles. The number of nitrogens with zero attached hydrogens (tertiary/aromatic N) is 2. The van der Waals surface area contributed by atoms with Gasteiger partial charge in [-0.05, 0) is 58.8 Å². The normalized spacial score (nSPS) is 33.9. The summed E-state index contributed by atoms with van der Waals surface area (Å²) >= 11 is 0. The highest BCUT2D eigenvalue weighted by atomic mass is 15.1. The Hall–Kier alpha value is -3.22. The van der Waals surface area contributed by atoms with Gasteiger partial charge in [0.25, 0.3) is 0 Å². The van der Waals surface area contributed by atoms with E-state index in [-0.39, 0.29) is 0 Å². The highest BCUT2D eigenvalue weighted by Crippen LogP contribution is 2.58. The lowest BCUT2D eigenvalue weighted by molar-refractivity contribution is 0.488. The molecule has 0 bridgehead atoms. The van der Waals surface area contributed by atoms with Crippen LogP contribution in [0.2, 0.25) is 0 Å². The first-order valence-electron chi connectivity index (χ1n) is 13.3. The summed E-state index contributed by atoms with van der Waals surface area (Å²) in [6, 6.07) is 19.6. The van der Waals surface area contributed by atoms with Crippen LogP contribution in [0, 0.1) is 10.8 Å². The van der Waals surface area contributed by atoms with Crippen LogP contribution in [0.1, 0.15) is 63.3 Å². The predicted molar refractivity (Wildman–Crippen MR) is 141 cm³/mol. The fraction of sp³-hybridized carbons (Fsp3) is 0.400. The summed E-state index contributed by atoms with van der Waals surface area (Å²) in [5.41, 5.74) is 7.89. The smallest absolute Gasteiger partial charge is 0.123 e. The van der Waals surface area contributed by atoms with Gasteiger partial charge in [0.2, 0.25) is 0 Å². The summed E-state index contributed by atoms with van der Waals surface area (Å²) in [4.78, 5) is 16.5. The Morgan fingerprint density at radius 2 is 0.972 bits per heavy atom. The van der Waals surface area contributed by atoms with E-state index in [0.717, 1.165) is 23.0 Å². The van der Waals surface area contributed by atoms with E-state index >= 15 is 0 Å². The van der Waals surface area contributed by atoms with Crippen LogP contribution < -0.4 is 10.6 Å². The van der Waals surface area contributed by atoms with Gasteiger partial charge in [0, 0.05) is 12.1 Å². The summed E-state index contributed by atoms with van der Waals surface area (Å²) in [6.45, 7) is 4.75. The van der Waals surface area contributed by atoms with Gasteiger partial charge in [-0.1, -0.05) is 62.4 Å². The zero-order valence-electron chi connectivity index (χ0n) is 20.8. The van der Waals surface area contributed by atoms with Gasteiger partial charge in [0.15, 0.2) is 0 Å². The summed E-state index contributed by atoms with van der Waals surface area (Å²) in [5, 5.41) is 7.43. The monoisotopic (exact) mass is 476 g/mol. The number of rotatable bonds is 5. The van der Waals surface area contributed by atoms with Gasteiger partial charge in [0.1, 0.15) is 11.6 Å². The van der Waals surface area contributed by atoms with Crippen LogP contribution in [-0.2, 0) is 0 Å². The number of imidazole rings is 2. The highest BCUT2D eigenvalue weighted by Gasteiger charge is 2.58. The summed E-state index contributed by atoms with van der Waals surface area (Å²) in [7, 11) is 0. The van der Waals surface area contributed by atoms with Crippen LogP contribution in [0.3, 0.4) is 0 Å². The quantitative estimate of drug-likeness (QED) is 0.295. The second-order valence-electron chi connectivity index (χ2n) is 12.2. The first-order chi connectivity index (χ1) is 17.5. The van der Waals surface area contributed by atoms with E-state index in [1.54, 1.807) is 0 Å². The van der Waals surface area contributed by atoms with E-state index in [1.165, 1.54) is 47.9 Å².